The van der Waals surface area contributed by atoms with Crippen LogP contribution in [0, 0.1) is 17.2 Å². The highest BCUT2D eigenvalue weighted by Gasteiger charge is 2.43. The van der Waals surface area contributed by atoms with Crippen LogP contribution in [0.2, 0.25) is 5.02 Å². The minimum absolute atomic E-state index is 0.165. The van der Waals surface area contributed by atoms with E-state index in [-0.39, 0.29) is 23.3 Å². The summed E-state index contributed by atoms with van der Waals surface area (Å²) in [5.41, 5.74) is -0.809. The second kappa shape index (κ2) is 7.76. The monoisotopic (exact) mass is 410 g/mol. The van der Waals surface area contributed by atoms with Crippen molar-refractivity contribution in [2.24, 2.45) is 5.92 Å². The topological polar surface area (TPSA) is 93.5 Å². The van der Waals surface area contributed by atoms with Crippen molar-refractivity contribution in [1.29, 1.82) is 5.26 Å². The molecule has 2 aliphatic rings. The first kappa shape index (κ1) is 20.1. The molecule has 1 aromatic carbocycles. The average molecular weight is 411 g/mol. The normalized spacial score (nSPS) is 21.2. The maximum Gasteiger partial charge on any atom is 0.243 e. The van der Waals surface area contributed by atoms with Crippen LogP contribution in [-0.4, -0.2) is 61.8 Å². The number of sulfonamides is 1. The summed E-state index contributed by atoms with van der Waals surface area (Å²) in [4.78, 5) is 14.4. The van der Waals surface area contributed by atoms with Gasteiger partial charge >= 0.3 is 0 Å². The van der Waals surface area contributed by atoms with Crippen molar-refractivity contribution in [1.82, 2.24) is 14.5 Å². The fourth-order valence-electron chi connectivity index (χ4n) is 3.30. The van der Waals surface area contributed by atoms with Gasteiger partial charge in [0.2, 0.25) is 15.9 Å². The Morgan fingerprint density at radius 1 is 1.26 bits per heavy atom. The van der Waals surface area contributed by atoms with Gasteiger partial charge in [-0.15, -0.1) is 0 Å². The molecular formula is C18H23ClN4O3S. The average Bonchev–Trinajstić information content (AvgIpc) is 3.48. The number of nitrogens with zero attached hydrogens (tertiary/aromatic N) is 3. The smallest absolute Gasteiger partial charge is 0.243 e. The molecule has 0 unspecified atom stereocenters. The van der Waals surface area contributed by atoms with Crippen molar-refractivity contribution in [2.75, 3.05) is 32.7 Å². The third-order valence-electron chi connectivity index (χ3n) is 5.18. The Balaban J connectivity index is 1.53. The molecule has 3 rings (SSSR count). The molecule has 1 atom stereocenters. The molecule has 1 aliphatic carbocycles. The van der Waals surface area contributed by atoms with Crippen molar-refractivity contribution >= 4 is 27.5 Å². The Morgan fingerprint density at radius 2 is 1.85 bits per heavy atom. The van der Waals surface area contributed by atoms with Crippen LogP contribution >= 0.6 is 11.6 Å². The van der Waals surface area contributed by atoms with Gasteiger partial charge in [-0.1, -0.05) is 11.6 Å². The van der Waals surface area contributed by atoms with E-state index in [2.05, 4.69) is 11.4 Å². The molecule has 2 fully saturated rings. The standard InChI is InChI=1S/C18H23ClN4O3S/c1-18(13-20,14-2-3-14)21-17(24)12-22-8-10-23(11-9-22)27(25,26)16-6-4-15(19)5-7-16/h4-7,14H,2-3,8-12H2,1H3,(H,21,24)/t18-/m0/s1. The largest absolute Gasteiger partial charge is 0.337 e. The van der Waals surface area contributed by atoms with Crippen molar-refractivity contribution in [3.05, 3.63) is 29.3 Å². The van der Waals surface area contributed by atoms with Gasteiger partial charge in [0.05, 0.1) is 17.5 Å². The van der Waals surface area contributed by atoms with Crippen LogP contribution in [0.4, 0.5) is 0 Å². The van der Waals surface area contributed by atoms with Crippen LogP contribution < -0.4 is 5.32 Å². The van der Waals surface area contributed by atoms with E-state index in [9.17, 15) is 18.5 Å². The molecule has 7 nitrogen and oxygen atoms in total. The Kier molecular flexibility index (Phi) is 5.77. The SMILES string of the molecule is C[C@@](C#N)(NC(=O)CN1CCN(S(=O)(=O)c2ccc(Cl)cc2)CC1)C1CC1. The molecule has 0 bridgehead atoms. The van der Waals surface area contributed by atoms with Gasteiger partial charge in [-0.3, -0.25) is 9.69 Å². The Hall–Kier alpha value is -1.66. The van der Waals surface area contributed by atoms with Gasteiger partial charge in [0.1, 0.15) is 5.54 Å². The lowest BCUT2D eigenvalue weighted by molar-refractivity contribution is -0.123. The van der Waals surface area contributed by atoms with Gasteiger partial charge in [-0.05, 0) is 49.9 Å². The first-order valence-corrected chi connectivity index (χ1v) is 10.8. The zero-order valence-corrected chi connectivity index (χ0v) is 16.8. The number of carbonyl (C=O) groups excluding carboxylic acids is 1. The number of amides is 1. The lowest BCUT2D eigenvalue weighted by Crippen LogP contribution is -2.54. The number of piperazine rings is 1. The van der Waals surface area contributed by atoms with Crippen molar-refractivity contribution in [2.45, 2.75) is 30.2 Å². The molecule has 0 radical (unpaired) electrons. The molecule has 1 aromatic rings. The summed E-state index contributed by atoms with van der Waals surface area (Å²) < 4.78 is 26.8. The Labute approximate surface area is 164 Å². The number of nitrogens with one attached hydrogen (secondary N) is 1. The first-order valence-electron chi connectivity index (χ1n) is 8.95. The van der Waals surface area contributed by atoms with E-state index in [0.717, 1.165) is 12.8 Å². The fraction of sp³-hybridized carbons (Fsp3) is 0.556. The number of nitriles is 1. The minimum Gasteiger partial charge on any atom is -0.337 e. The van der Waals surface area contributed by atoms with Crippen molar-refractivity contribution in [3.63, 3.8) is 0 Å². The molecule has 0 spiro atoms. The molecule has 1 heterocycles. The number of hydrogen-bond acceptors (Lipinski definition) is 5. The fourth-order valence-corrected chi connectivity index (χ4v) is 4.85. The van der Waals surface area contributed by atoms with Gasteiger partial charge in [-0.2, -0.15) is 9.57 Å². The van der Waals surface area contributed by atoms with E-state index in [1.165, 1.54) is 16.4 Å². The summed E-state index contributed by atoms with van der Waals surface area (Å²) in [5.74, 6) is 0.0350. The predicted molar refractivity (Wildman–Crippen MR) is 102 cm³/mol. The maximum absolute atomic E-state index is 12.7. The first-order chi connectivity index (χ1) is 12.7. The van der Waals surface area contributed by atoms with Crippen LogP contribution in [0.15, 0.2) is 29.2 Å². The number of rotatable bonds is 6. The third kappa shape index (κ3) is 4.61. The van der Waals surface area contributed by atoms with E-state index >= 15 is 0 Å². The molecule has 1 saturated heterocycles. The highest BCUT2D eigenvalue weighted by Crippen LogP contribution is 2.39. The van der Waals surface area contributed by atoms with Gasteiger partial charge in [0.15, 0.2) is 0 Å². The summed E-state index contributed by atoms with van der Waals surface area (Å²) in [6.07, 6.45) is 1.93. The second-order valence-corrected chi connectivity index (χ2v) is 9.65. The van der Waals surface area contributed by atoms with Gasteiger partial charge in [0, 0.05) is 31.2 Å². The number of benzene rings is 1. The van der Waals surface area contributed by atoms with E-state index < -0.39 is 15.6 Å². The van der Waals surface area contributed by atoms with Gasteiger partial charge in [0.25, 0.3) is 0 Å². The molecule has 1 amide bonds. The summed E-state index contributed by atoms with van der Waals surface area (Å²) >= 11 is 5.82. The molecule has 9 heteroatoms. The Morgan fingerprint density at radius 3 is 2.37 bits per heavy atom. The molecule has 27 heavy (non-hydrogen) atoms. The zero-order valence-electron chi connectivity index (χ0n) is 15.2. The Bertz CT molecular complexity index is 840. The zero-order chi connectivity index (χ0) is 19.7. The van der Waals surface area contributed by atoms with Crippen LogP contribution in [0.3, 0.4) is 0 Å². The van der Waals surface area contributed by atoms with Crippen LogP contribution in [0.5, 0.6) is 0 Å². The van der Waals surface area contributed by atoms with Crippen LogP contribution in [0.1, 0.15) is 19.8 Å². The molecular weight excluding hydrogens is 388 g/mol. The van der Waals surface area contributed by atoms with E-state index in [1.54, 1.807) is 19.1 Å². The number of carbonyl (C=O) groups is 1. The van der Waals surface area contributed by atoms with E-state index in [4.69, 9.17) is 11.6 Å². The van der Waals surface area contributed by atoms with Crippen LogP contribution in [-0.2, 0) is 14.8 Å². The minimum atomic E-state index is -3.56. The second-order valence-electron chi connectivity index (χ2n) is 7.27. The lowest BCUT2D eigenvalue weighted by Gasteiger charge is -2.34. The highest BCUT2D eigenvalue weighted by atomic mass is 35.5. The molecule has 0 aromatic heterocycles. The van der Waals surface area contributed by atoms with Gasteiger partial charge < -0.3 is 5.32 Å². The lowest BCUT2D eigenvalue weighted by atomic mass is 9.98. The quantitative estimate of drug-likeness (QED) is 0.766. The summed E-state index contributed by atoms with van der Waals surface area (Å²) in [5, 5.41) is 12.7. The van der Waals surface area contributed by atoms with Crippen LogP contribution in [0.25, 0.3) is 0 Å². The summed E-state index contributed by atoms with van der Waals surface area (Å²) in [6, 6.07) is 8.32. The third-order valence-corrected chi connectivity index (χ3v) is 7.34. The van der Waals surface area contributed by atoms with E-state index in [1.807, 2.05) is 4.90 Å². The predicted octanol–water partition coefficient (Wildman–Crippen LogP) is 1.45. The van der Waals surface area contributed by atoms with Crippen molar-refractivity contribution < 1.29 is 13.2 Å². The molecule has 146 valence electrons. The molecule has 1 aliphatic heterocycles. The van der Waals surface area contributed by atoms with Gasteiger partial charge in [-0.25, -0.2) is 8.42 Å². The van der Waals surface area contributed by atoms with E-state index in [0.29, 0.717) is 31.2 Å². The number of hydrogen-bond donors (Lipinski definition) is 1. The summed E-state index contributed by atoms with van der Waals surface area (Å²) in [6.45, 7) is 3.49. The summed E-state index contributed by atoms with van der Waals surface area (Å²) in [7, 11) is -3.56. The van der Waals surface area contributed by atoms with Crippen molar-refractivity contribution in [3.8, 4) is 6.07 Å². The maximum atomic E-state index is 12.7. The molecule has 1 N–H and O–H groups in total. The molecule has 1 saturated carbocycles. The highest BCUT2D eigenvalue weighted by molar-refractivity contribution is 7.89. The number of halogens is 1.